The molecule has 0 radical (unpaired) electrons. The van der Waals surface area contributed by atoms with Crippen molar-refractivity contribution in [3.63, 3.8) is 0 Å². The molecule has 0 spiro atoms. The van der Waals surface area contributed by atoms with E-state index in [1.807, 2.05) is 24.8 Å². The van der Waals surface area contributed by atoms with E-state index in [1.54, 1.807) is 6.20 Å². The average Bonchev–Trinajstić information content (AvgIpc) is 2.75. The Labute approximate surface area is 114 Å². The van der Waals surface area contributed by atoms with Crippen LogP contribution in [0.5, 0.6) is 0 Å². The normalized spacial score (nSPS) is 18.7. The van der Waals surface area contributed by atoms with Crippen molar-refractivity contribution in [1.29, 1.82) is 0 Å². The molecule has 1 aliphatic rings. The van der Waals surface area contributed by atoms with Gasteiger partial charge in [-0.2, -0.15) is 5.10 Å². The van der Waals surface area contributed by atoms with Crippen molar-refractivity contribution in [2.45, 2.75) is 50.6 Å². The van der Waals surface area contributed by atoms with Gasteiger partial charge in [0, 0.05) is 25.3 Å². The number of aliphatic carboxylic acids is 1. The van der Waals surface area contributed by atoms with Gasteiger partial charge in [0.2, 0.25) is 0 Å². The quantitative estimate of drug-likeness (QED) is 0.885. The molecule has 0 unspecified atom stereocenters. The molecule has 19 heavy (non-hydrogen) atoms. The van der Waals surface area contributed by atoms with E-state index in [0.29, 0.717) is 0 Å². The molecule has 1 N–H and O–H groups in total. The lowest BCUT2D eigenvalue weighted by atomic mass is 9.78. The van der Waals surface area contributed by atoms with Crippen LogP contribution in [0.25, 0.3) is 0 Å². The molecule has 1 fully saturated rings. The number of carboxylic acid groups (broad SMARTS) is 1. The first-order chi connectivity index (χ1) is 9.03. The van der Waals surface area contributed by atoms with Gasteiger partial charge in [-0.1, -0.05) is 19.3 Å². The Bertz CT molecular complexity index is 436. The number of carbonyl (C=O) groups is 1. The zero-order valence-corrected chi connectivity index (χ0v) is 11.8. The van der Waals surface area contributed by atoms with E-state index in [1.165, 1.54) is 6.42 Å². The predicted molar refractivity (Wildman–Crippen MR) is 72.7 cm³/mol. The molecule has 1 aromatic heterocycles. The van der Waals surface area contributed by atoms with Crippen LogP contribution in [0.4, 0.5) is 0 Å². The Morgan fingerprint density at radius 2 is 2.16 bits per heavy atom. The van der Waals surface area contributed by atoms with Crippen molar-refractivity contribution in [3.05, 3.63) is 18.0 Å². The highest BCUT2D eigenvalue weighted by Gasteiger charge is 2.38. The van der Waals surface area contributed by atoms with Crippen LogP contribution >= 0.6 is 0 Å². The van der Waals surface area contributed by atoms with Crippen molar-refractivity contribution in [3.8, 4) is 0 Å². The van der Waals surface area contributed by atoms with Crippen LogP contribution in [0.1, 0.15) is 44.2 Å². The average molecular weight is 265 g/mol. The molecule has 0 saturated heterocycles. The van der Waals surface area contributed by atoms with Gasteiger partial charge in [-0.25, -0.2) is 0 Å². The second-order valence-corrected chi connectivity index (χ2v) is 5.66. The minimum absolute atomic E-state index is 0.186. The zero-order chi connectivity index (χ0) is 13.9. The van der Waals surface area contributed by atoms with Gasteiger partial charge in [0.15, 0.2) is 0 Å². The van der Waals surface area contributed by atoms with E-state index in [9.17, 15) is 9.90 Å². The van der Waals surface area contributed by atoms with Crippen LogP contribution < -0.4 is 0 Å². The molecule has 5 heteroatoms. The van der Waals surface area contributed by atoms with E-state index in [-0.39, 0.29) is 12.0 Å². The number of rotatable bonds is 5. The molecule has 1 aromatic rings. The van der Waals surface area contributed by atoms with Crippen LogP contribution in [0.15, 0.2) is 12.3 Å². The summed E-state index contributed by atoms with van der Waals surface area (Å²) in [7, 11) is 3.97. The van der Waals surface area contributed by atoms with Gasteiger partial charge in [-0.3, -0.25) is 14.4 Å². The summed E-state index contributed by atoms with van der Waals surface area (Å²) in [6.07, 6.45) is 7.46. The van der Waals surface area contributed by atoms with Gasteiger partial charge in [0.1, 0.15) is 0 Å². The minimum Gasteiger partial charge on any atom is -0.481 e. The molecule has 1 saturated carbocycles. The lowest BCUT2D eigenvalue weighted by Gasteiger charge is -2.44. The summed E-state index contributed by atoms with van der Waals surface area (Å²) in [4.78, 5) is 13.4. The maximum absolute atomic E-state index is 11.2. The summed E-state index contributed by atoms with van der Waals surface area (Å²) in [5.41, 5.74) is 0.937. The number of aryl methyl sites for hydroxylation is 1. The fourth-order valence-electron chi connectivity index (χ4n) is 3.15. The Morgan fingerprint density at radius 3 is 2.68 bits per heavy atom. The molecule has 5 nitrogen and oxygen atoms in total. The number of nitrogens with zero attached hydrogens (tertiary/aromatic N) is 3. The van der Waals surface area contributed by atoms with Crippen molar-refractivity contribution in [2.24, 2.45) is 7.05 Å². The van der Waals surface area contributed by atoms with Gasteiger partial charge in [-0.15, -0.1) is 0 Å². The monoisotopic (exact) mass is 265 g/mol. The molecule has 0 aliphatic heterocycles. The van der Waals surface area contributed by atoms with Gasteiger partial charge in [0.25, 0.3) is 0 Å². The summed E-state index contributed by atoms with van der Waals surface area (Å²) in [5, 5.41) is 13.4. The van der Waals surface area contributed by atoms with E-state index in [4.69, 9.17) is 0 Å². The van der Waals surface area contributed by atoms with Gasteiger partial charge >= 0.3 is 5.97 Å². The predicted octanol–water partition coefficient (Wildman–Crippen LogP) is 2.03. The van der Waals surface area contributed by atoms with Crippen LogP contribution in [0.3, 0.4) is 0 Å². The first-order valence-electron chi connectivity index (χ1n) is 6.93. The summed E-state index contributed by atoms with van der Waals surface area (Å²) in [6.45, 7) is 0.754. The van der Waals surface area contributed by atoms with Crippen molar-refractivity contribution < 1.29 is 9.90 Å². The van der Waals surface area contributed by atoms with Crippen LogP contribution in [0, 0.1) is 0 Å². The summed E-state index contributed by atoms with van der Waals surface area (Å²) >= 11 is 0. The Balaban J connectivity index is 2.13. The highest BCUT2D eigenvalue weighted by atomic mass is 16.4. The Kier molecular flexibility index (Phi) is 4.24. The molecule has 106 valence electrons. The maximum atomic E-state index is 11.2. The fraction of sp³-hybridized carbons (Fsp3) is 0.714. The van der Waals surface area contributed by atoms with E-state index in [0.717, 1.165) is 37.9 Å². The van der Waals surface area contributed by atoms with Crippen molar-refractivity contribution in [2.75, 3.05) is 7.05 Å². The molecular weight excluding hydrogens is 242 g/mol. The second kappa shape index (κ2) is 5.74. The smallest absolute Gasteiger partial charge is 0.305 e. The standard InChI is InChI=1S/C14H23N3O2/c1-16(11-12-6-9-15-17(12)2)14(10-13(18)19)7-4-3-5-8-14/h6,9H,3-5,7-8,10-11H2,1-2H3,(H,18,19). The first kappa shape index (κ1) is 14.1. The largest absolute Gasteiger partial charge is 0.481 e. The minimum atomic E-state index is -0.696. The van der Waals surface area contributed by atoms with Gasteiger partial charge < -0.3 is 5.11 Å². The number of hydrogen-bond acceptors (Lipinski definition) is 3. The topological polar surface area (TPSA) is 58.4 Å². The number of aromatic nitrogens is 2. The maximum Gasteiger partial charge on any atom is 0.305 e. The summed E-state index contributed by atoms with van der Waals surface area (Å²) in [5.74, 6) is -0.696. The number of carboxylic acids is 1. The second-order valence-electron chi connectivity index (χ2n) is 5.66. The highest BCUT2D eigenvalue weighted by molar-refractivity contribution is 5.68. The SMILES string of the molecule is CN(Cc1ccnn1C)C1(CC(=O)O)CCCCC1. The highest BCUT2D eigenvalue weighted by Crippen LogP contribution is 2.36. The molecule has 1 heterocycles. The molecular formula is C14H23N3O2. The number of hydrogen-bond donors (Lipinski definition) is 1. The fourth-order valence-corrected chi connectivity index (χ4v) is 3.15. The van der Waals surface area contributed by atoms with Crippen LogP contribution in [0.2, 0.25) is 0 Å². The van der Waals surface area contributed by atoms with Gasteiger partial charge in [-0.05, 0) is 26.0 Å². The van der Waals surface area contributed by atoms with Gasteiger partial charge in [0.05, 0.1) is 12.1 Å². The lowest BCUT2D eigenvalue weighted by Crippen LogP contribution is -2.49. The lowest BCUT2D eigenvalue weighted by molar-refractivity contribution is -0.141. The third-order valence-electron chi connectivity index (χ3n) is 4.40. The Morgan fingerprint density at radius 1 is 1.47 bits per heavy atom. The van der Waals surface area contributed by atoms with Crippen LogP contribution in [-0.4, -0.2) is 38.3 Å². The van der Waals surface area contributed by atoms with E-state index < -0.39 is 5.97 Å². The molecule has 0 atom stereocenters. The van der Waals surface area contributed by atoms with Crippen molar-refractivity contribution >= 4 is 5.97 Å². The summed E-state index contributed by atoms with van der Waals surface area (Å²) < 4.78 is 1.85. The Hall–Kier alpha value is -1.36. The molecule has 2 rings (SSSR count). The van der Waals surface area contributed by atoms with Crippen molar-refractivity contribution in [1.82, 2.24) is 14.7 Å². The molecule has 1 aliphatic carbocycles. The third kappa shape index (κ3) is 3.15. The van der Waals surface area contributed by atoms with E-state index >= 15 is 0 Å². The summed E-state index contributed by atoms with van der Waals surface area (Å²) in [6, 6.07) is 1.99. The zero-order valence-electron chi connectivity index (χ0n) is 11.8. The van der Waals surface area contributed by atoms with Crippen LogP contribution in [-0.2, 0) is 18.4 Å². The third-order valence-corrected chi connectivity index (χ3v) is 4.40. The molecule has 0 amide bonds. The molecule has 0 bridgehead atoms. The first-order valence-corrected chi connectivity index (χ1v) is 6.93. The van der Waals surface area contributed by atoms with E-state index in [2.05, 4.69) is 10.00 Å². The molecule has 0 aromatic carbocycles.